The van der Waals surface area contributed by atoms with Crippen LogP contribution >= 0.6 is 0 Å². The first-order chi connectivity index (χ1) is 14.9. The lowest BCUT2D eigenvalue weighted by Gasteiger charge is -2.42. The first-order valence-corrected chi connectivity index (χ1v) is 12.2. The molecule has 2 aliphatic heterocycles. The van der Waals surface area contributed by atoms with Crippen LogP contribution in [-0.2, 0) is 21.4 Å². The number of amides is 1. The number of nitrogens with zero attached hydrogens (tertiary/aromatic N) is 2. The van der Waals surface area contributed by atoms with Crippen LogP contribution < -0.4 is 15.0 Å². The van der Waals surface area contributed by atoms with Crippen molar-refractivity contribution in [3.05, 3.63) is 58.5 Å². The van der Waals surface area contributed by atoms with Crippen molar-refractivity contribution in [3.63, 3.8) is 0 Å². The number of sulfonamides is 1. The summed E-state index contributed by atoms with van der Waals surface area (Å²) < 4.78 is 33.9. The Bertz CT molecular complexity index is 1110. The fraction of sp³-hybridized carbons (Fsp3) is 0.455. The van der Waals surface area contributed by atoms with Crippen LogP contribution in [0.3, 0.4) is 0 Å². The van der Waals surface area contributed by atoms with Gasteiger partial charge in [-0.2, -0.15) is 0 Å². The van der Waals surface area contributed by atoms with Crippen LogP contribution in [-0.4, -0.2) is 49.2 Å². The second-order valence-electron chi connectivity index (χ2n) is 8.21. The van der Waals surface area contributed by atoms with E-state index in [9.17, 15) is 18.0 Å². The largest absolute Gasteiger partial charge is 0.484 e. The Morgan fingerprint density at radius 3 is 2.65 bits per heavy atom. The molecule has 0 spiro atoms. The van der Waals surface area contributed by atoms with Gasteiger partial charge in [0.25, 0.3) is 11.5 Å². The van der Waals surface area contributed by atoms with Gasteiger partial charge in [0.15, 0.2) is 6.61 Å². The number of carbonyl (C=O) groups is 1. The Kier molecular flexibility index (Phi) is 6.04. The molecule has 1 N–H and O–H groups in total. The molecular formula is C22H27N3O5S. The molecule has 1 aromatic carbocycles. The van der Waals surface area contributed by atoms with E-state index in [0.29, 0.717) is 31.8 Å². The summed E-state index contributed by atoms with van der Waals surface area (Å²) in [5.41, 5.74) is 0.613. The summed E-state index contributed by atoms with van der Waals surface area (Å²) >= 11 is 0. The van der Waals surface area contributed by atoms with Crippen molar-refractivity contribution in [1.29, 1.82) is 0 Å². The number of hydrogen-bond acceptors (Lipinski definition) is 5. The summed E-state index contributed by atoms with van der Waals surface area (Å²) in [6.07, 6.45) is 1.38. The average molecular weight is 446 g/mol. The lowest BCUT2D eigenvalue weighted by Crippen LogP contribution is -2.50. The molecule has 1 fully saturated rings. The topological polar surface area (TPSA) is 97.7 Å². The van der Waals surface area contributed by atoms with E-state index >= 15 is 0 Å². The van der Waals surface area contributed by atoms with Crippen molar-refractivity contribution in [2.24, 2.45) is 5.92 Å². The maximum absolute atomic E-state index is 12.9. The van der Waals surface area contributed by atoms with Gasteiger partial charge in [0, 0.05) is 31.2 Å². The minimum atomic E-state index is -3.53. The fourth-order valence-electron chi connectivity index (χ4n) is 4.47. The monoisotopic (exact) mass is 445 g/mol. The van der Waals surface area contributed by atoms with Gasteiger partial charge in [-0.3, -0.25) is 14.3 Å². The van der Waals surface area contributed by atoms with E-state index in [1.165, 1.54) is 0 Å². The Hall–Kier alpha value is -2.81. The molecule has 4 rings (SSSR count). The third-order valence-corrected chi connectivity index (χ3v) is 7.28. The molecule has 8 nitrogen and oxygen atoms in total. The van der Waals surface area contributed by atoms with Gasteiger partial charge in [-0.1, -0.05) is 25.1 Å². The normalized spacial score (nSPS) is 20.1. The number of aromatic nitrogens is 1. The highest BCUT2D eigenvalue weighted by Crippen LogP contribution is 2.35. The van der Waals surface area contributed by atoms with Crippen LogP contribution in [0.15, 0.2) is 47.3 Å². The van der Waals surface area contributed by atoms with Crippen molar-refractivity contribution in [2.75, 3.05) is 30.2 Å². The molecule has 2 bridgehead atoms. The number of fused-ring (bicyclic) bond motifs is 4. The standard InChI is InChI=1S/C22H27N3O5S/c1-2-10-31(28,29)23-19-8-9-20-17-11-16(13-25(20)22(19)27)12-24(14-17)21(26)15-30-18-6-4-3-5-7-18/h3-9,16-17,23H,2,10-15H2,1H3/t16-,17-/m1/s1. The molecule has 2 atom stereocenters. The number of benzene rings is 1. The van der Waals surface area contributed by atoms with Gasteiger partial charge in [0.05, 0.1) is 5.75 Å². The molecule has 0 unspecified atom stereocenters. The van der Waals surface area contributed by atoms with Gasteiger partial charge in [0.2, 0.25) is 10.0 Å². The van der Waals surface area contributed by atoms with Crippen molar-refractivity contribution in [2.45, 2.75) is 32.2 Å². The number of para-hydroxylation sites is 1. The van der Waals surface area contributed by atoms with Gasteiger partial charge in [-0.05, 0) is 43.0 Å². The number of nitrogens with one attached hydrogen (secondary N) is 1. The average Bonchev–Trinajstić information content (AvgIpc) is 2.75. The minimum Gasteiger partial charge on any atom is -0.484 e. The highest BCUT2D eigenvalue weighted by Gasteiger charge is 2.36. The Morgan fingerprint density at radius 1 is 1.13 bits per heavy atom. The van der Waals surface area contributed by atoms with Crippen LogP contribution in [0, 0.1) is 5.92 Å². The second-order valence-corrected chi connectivity index (χ2v) is 10.0. The van der Waals surface area contributed by atoms with E-state index < -0.39 is 10.0 Å². The van der Waals surface area contributed by atoms with Crippen LogP contribution in [0.25, 0.3) is 0 Å². The molecule has 1 amide bonds. The quantitative estimate of drug-likeness (QED) is 0.703. The lowest BCUT2D eigenvalue weighted by atomic mass is 9.83. The van der Waals surface area contributed by atoms with Crippen molar-refractivity contribution in [3.8, 4) is 5.75 Å². The molecule has 2 aromatic rings. The van der Waals surface area contributed by atoms with E-state index in [0.717, 1.165) is 12.1 Å². The van der Waals surface area contributed by atoms with Crippen LogP contribution in [0.5, 0.6) is 5.75 Å². The molecule has 166 valence electrons. The second kappa shape index (κ2) is 8.74. The molecule has 2 aliphatic rings. The molecule has 1 saturated heterocycles. The Labute approximate surface area is 181 Å². The molecule has 3 heterocycles. The predicted molar refractivity (Wildman–Crippen MR) is 118 cm³/mol. The van der Waals surface area contributed by atoms with Gasteiger partial charge in [0.1, 0.15) is 11.4 Å². The number of likely N-dealkylation sites (tertiary alicyclic amines) is 1. The summed E-state index contributed by atoms with van der Waals surface area (Å²) in [6.45, 7) is 3.31. The molecule has 0 saturated carbocycles. The summed E-state index contributed by atoms with van der Waals surface area (Å²) in [5, 5.41) is 0. The number of rotatable bonds is 7. The number of pyridine rings is 1. The smallest absolute Gasteiger partial charge is 0.275 e. The first-order valence-electron chi connectivity index (χ1n) is 10.6. The molecule has 31 heavy (non-hydrogen) atoms. The van der Waals surface area contributed by atoms with Gasteiger partial charge in [-0.15, -0.1) is 0 Å². The highest BCUT2D eigenvalue weighted by molar-refractivity contribution is 7.92. The highest BCUT2D eigenvalue weighted by atomic mass is 32.2. The number of carbonyl (C=O) groups excluding carboxylic acids is 1. The number of hydrogen-bond donors (Lipinski definition) is 1. The molecule has 9 heteroatoms. The molecule has 1 aromatic heterocycles. The van der Waals surface area contributed by atoms with Crippen molar-refractivity contribution in [1.82, 2.24) is 9.47 Å². The predicted octanol–water partition coefficient (Wildman–Crippen LogP) is 2.02. The third-order valence-electron chi connectivity index (χ3n) is 5.80. The third kappa shape index (κ3) is 4.76. The van der Waals surface area contributed by atoms with Crippen LogP contribution in [0.1, 0.15) is 31.4 Å². The number of piperidine rings is 1. The Morgan fingerprint density at radius 2 is 1.90 bits per heavy atom. The van der Waals surface area contributed by atoms with Crippen LogP contribution in [0.4, 0.5) is 5.69 Å². The fourth-order valence-corrected chi connectivity index (χ4v) is 5.60. The zero-order valence-electron chi connectivity index (χ0n) is 17.5. The number of anilines is 1. The van der Waals surface area contributed by atoms with E-state index in [-0.39, 0.29) is 41.3 Å². The van der Waals surface area contributed by atoms with Crippen molar-refractivity contribution >= 4 is 21.6 Å². The zero-order chi connectivity index (χ0) is 22.0. The van der Waals surface area contributed by atoms with Crippen LogP contribution in [0.2, 0.25) is 0 Å². The Balaban J connectivity index is 1.48. The first kappa shape index (κ1) is 21.4. The van der Waals surface area contributed by atoms with Gasteiger partial charge in [-0.25, -0.2) is 8.42 Å². The molecule has 0 aliphatic carbocycles. The SMILES string of the molecule is CCCS(=O)(=O)Nc1ccc2n(c1=O)C[C@@H]1C[C@@H]2CN(C(=O)COc2ccccc2)C1. The molecular weight excluding hydrogens is 418 g/mol. The van der Waals surface area contributed by atoms with E-state index in [2.05, 4.69) is 4.72 Å². The zero-order valence-corrected chi connectivity index (χ0v) is 18.3. The summed E-state index contributed by atoms with van der Waals surface area (Å²) in [7, 11) is -3.53. The molecule has 0 radical (unpaired) electrons. The summed E-state index contributed by atoms with van der Waals surface area (Å²) in [6, 6.07) is 12.6. The lowest BCUT2D eigenvalue weighted by molar-refractivity contribution is -0.136. The summed E-state index contributed by atoms with van der Waals surface area (Å²) in [5.74, 6) is 0.747. The van der Waals surface area contributed by atoms with E-state index in [4.69, 9.17) is 4.74 Å². The summed E-state index contributed by atoms with van der Waals surface area (Å²) in [4.78, 5) is 27.5. The van der Waals surface area contributed by atoms with Gasteiger partial charge < -0.3 is 14.2 Å². The van der Waals surface area contributed by atoms with Gasteiger partial charge >= 0.3 is 0 Å². The number of ether oxygens (including phenoxy) is 1. The maximum atomic E-state index is 12.9. The van der Waals surface area contributed by atoms with E-state index in [1.807, 2.05) is 35.2 Å². The minimum absolute atomic E-state index is 0.0194. The van der Waals surface area contributed by atoms with Crippen molar-refractivity contribution < 1.29 is 17.9 Å². The maximum Gasteiger partial charge on any atom is 0.275 e. The van der Waals surface area contributed by atoms with E-state index in [1.54, 1.807) is 23.6 Å².